The van der Waals surface area contributed by atoms with E-state index in [9.17, 15) is 19.5 Å². The molecule has 1 atom stereocenters. The Balaban J connectivity index is 1.32. The molecule has 0 spiro atoms. The molecule has 7 heteroatoms. The van der Waals surface area contributed by atoms with Gasteiger partial charge in [-0.05, 0) is 74.2 Å². The Morgan fingerprint density at radius 2 is 1.31 bits per heavy atom. The van der Waals surface area contributed by atoms with Gasteiger partial charge in [-0.3, -0.25) is 14.5 Å². The summed E-state index contributed by atoms with van der Waals surface area (Å²) in [7, 11) is 0. The molecule has 32 heavy (non-hydrogen) atoms. The van der Waals surface area contributed by atoms with Crippen LogP contribution >= 0.6 is 0 Å². The molecule has 164 valence electrons. The number of carbonyl (C=O) groups excluding carboxylic acids is 2. The van der Waals surface area contributed by atoms with Crippen LogP contribution in [0.5, 0.6) is 0 Å². The van der Waals surface area contributed by atoms with Gasteiger partial charge in [0.2, 0.25) is 11.8 Å². The molecule has 1 aliphatic heterocycles. The Bertz CT molecular complexity index is 1060. The maximum Gasteiger partial charge on any atom is 0.407 e. The van der Waals surface area contributed by atoms with Crippen LogP contribution in [0.15, 0.2) is 48.5 Å². The van der Waals surface area contributed by atoms with E-state index in [0.29, 0.717) is 25.1 Å². The van der Waals surface area contributed by atoms with Crippen molar-refractivity contribution in [2.24, 2.45) is 5.92 Å². The second-order valence-corrected chi connectivity index (χ2v) is 8.15. The highest BCUT2D eigenvalue weighted by atomic mass is 16.4. The number of hydrogen-bond donors (Lipinski definition) is 3. The van der Waals surface area contributed by atoms with E-state index in [1.54, 1.807) is 24.3 Å². The van der Waals surface area contributed by atoms with Gasteiger partial charge in [-0.2, -0.15) is 0 Å². The predicted molar refractivity (Wildman–Crippen MR) is 121 cm³/mol. The Kier molecular flexibility index (Phi) is 6.41. The Hall–Kier alpha value is -3.79. The highest BCUT2D eigenvalue weighted by Crippen LogP contribution is 2.27. The summed E-state index contributed by atoms with van der Waals surface area (Å²) in [5.74, 6) is 6.09. The fourth-order valence-electron chi connectivity index (χ4n) is 3.83. The summed E-state index contributed by atoms with van der Waals surface area (Å²) in [6, 6.07) is 13.9. The molecule has 2 fully saturated rings. The van der Waals surface area contributed by atoms with Crippen LogP contribution in [0, 0.1) is 17.8 Å². The first-order valence-corrected chi connectivity index (χ1v) is 10.8. The monoisotopic (exact) mass is 431 g/mol. The molecular weight excluding hydrogens is 406 g/mol. The molecule has 3 N–H and O–H groups in total. The van der Waals surface area contributed by atoms with Crippen molar-refractivity contribution in [3.8, 4) is 11.8 Å². The van der Waals surface area contributed by atoms with Gasteiger partial charge in [0, 0.05) is 35.0 Å². The maximum absolute atomic E-state index is 12.4. The van der Waals surface area contributed by atoms with Gasteiger partial charge < -0.3 is 15.7 Å². The van der Waals surface area contributed by atoms with Gasteiger partial charge in [0.15, 0.2) is 0 Å². The van der Waals surface area contributed by atoms with E-state index in [1.807, 2.05) is 24.3 Å². The van der Waals surface area contributed by atoms with Gasteiger partial charge >= 0.3 is 6.09 Å². The zero-order valence-corrected chi connectivity index (χ0v) is 17.6. The van der Waals surface area contributed by atoms with Crippen LogP contribution in [0.2, 0.25) is 0 Å². The first-order chi connectivity index (χ1) is 15.5. The quantitative estimate of drug-likeness (QED) is 0.640. The van der Waals surface area contributed by atoms with Crippen LogP contribution in [-0.4, -0.2) is 40.5 Å². The molecule has 1 saturated carbocycles. The Morgan fingerprint density at radius 1 is 0.781 bits per heavy atom. The summed E-state index contributed by atoms with van der Waals surface area (Å²) in [4.78, 5) is 36.8. The molecule has 0 aromatic heterocycles. The molecule has 7 nitrogen and oxygen atoms in total. The standard InChI is InChI=1S/C25H25N3O4/c29-23(19-3-1-4-19)26-20-12-8-17(9-13-20)6-7-18-10-14-21(15-11-18)27-24(30)22-5-2-16-28(22)25(31)32/h8-15,19,22H,1-5,16H2,(H,26,29)(H,27,30)(H,31,32)/t22-/m0/s1. The number of likely N-dealkylation sites (tertiary alicyclic amines) is 1. The molecule has 3 amide bonds. The number of anilines is 2. The number of carbonyl (C=O) groups is 3. The lowest BCUT2D eigenvalue weighted by atomic mass is 9.85. The lowest BCUT2D eigenvalue weighted by Crippen LogP contribution is -2.42. The zero-order valence-electron chi connectivity index (χ0n) is 17.6. The molecule has 1 aliphatic carbocycles. The van der Waals surface area contributed by atoms with E-state index >= 15 is 0 Å². The summed E-state index contributed by atoms with van der Waals surface area (Å²) in [6.07, 6.45) is 3.22. The van der Waals surface area contributed by atoms with Gasteiger partial charge in [0.25, 0.3) is 0 Å². The minimum Gasteiger partial charge on any atom is -0.465 e. The number of nitrogens with one attached hydrogen (secondary N) is 2. The first-order valence-electron chi connectivity index (χ1n) is 10.8. The molecule has 0 bridgehead atoms. The minimum absolute atomic E-state index is 0.0888. The molecule has 1 saturated heterocycles. The summed E-state index contributed by atoms with van der Waals surface area (Å²) in [5.41, 5.74) is 3.00. The average molecular weight is 431 g/mol. The third-order valence-corrected chi connectivity index (χ3v) is 5.93. The van der Waals surface area contributed by atoms with Crippen molar-refractivity contribution in [1.29, 1.82) is 0 Å². The fraction of sp³-hybridized carbons (Fsp3) is 0.320. The average Bonchev–Trinajstić information content (AvgIpc) is 3.23. The van der Waals surface area contributed by atoms with Gasteiger partial charge in [0.05, 0.1) is 0 Å². The minimum atomic E-state index is -1.07. The number of benzene rings is 2. The van der Waals surface area contributed by atoms with Crippen LogP contribution in [0.25, 0.3) is 0 Å². The van der Waals surface area contributed by atoms with Gasteiger partial charge in [-0.1, -0.05) is 18.3 Å². The smallest absolute Gasteiger partial charge is 0.407 e. The molecule has 4 rings (SSSR count). The molecule has 2 aliphatic rings. The molecule has 2 aromatic rings. The van der Waals surface area contributed by atoms with Gasteiger partial charge in [0.1, 0.15) is 6.04 Å². The van der Waals surface area contributed by atoms with E-state index in [0.717, 1.165) is 36.1 Å². The second-order valence-electron chi connectivity index (χ2n) is 8.15. The maximum atomic E-state index is 12.4. The van der Waals surface area contributed by atoms with Crippen LogP contribution in [-0.2, 0) is 9.59 Å². The summed E-state index contributed by atoms with van der Waals surface area (Å²) < 4.78 is 0. The normalized spacial score (nSPS) is 17.6. The van der Waals surface area contributed by atoms with Crippen LogP contribution in [0.3, 0.4) is 0 Å². The largest absolute Gasteiger partial charge is 0.465 e. The highest BCUT2D eigenvalue weighted by Gasteiger charge is 2.34. The van der Waals surface area contributed by atoms with Gasteiger partial charge in [-0.25, -0.2) is 4.79 Å². The molecule has 2 aromatic carbocycles. The lowest BCUT2D eigenvalue weighted by Gasteiger charge is -2.23. The van der Waals surface area contributed by atoms with Crippen LogP contribution in [0.1, 0.15) is 43.2 Å². The highest BCUT2D eigenvalue weighted by molar-refractivity contribution is 5.96. The van der Waals surface area contributed by atoms with Crippen molar-refractivity contribution in [2.45, 2.75) is 38.1 Å². The van der Waals surface area contributed by atoms with E-state index < -0.39 is 12.1 Å². The van der Waals surface area contributed by atoms with E-state index in [4.69, 9.17) is 0 Å². The third kappa shape index (κ3) is 5.09. The first kappa shape index (κ1) is 21.4. The number of hydrogen-bond acceptors (Lipinski definition) is 3. The van der Waals surface area contributed by atoms with Crippen molar-refractivity contribution < 1.29 is 19.5 Å². The fourth-order valence-corrected chi connectivity index (χ4v) is 3.83. The number of nitrogens with zero attached hydrogens (tertiary/aromatic N) is 1. The molecule has 1 heterocycles. The van der Waals surface area contributed by atoms with Crippen molar-refractivity contribution in [2.75, 3.05) is 17.2 Å². The Morgan fingerprint density at radius 3 is 1.78 bits per heavy atom. The van der Waals surface area contributed by atoms with E-state index in [2.05, 4.69) is 22.5 Å². The summed E-state index contributed by atoms with van der Waals surface area (Å²) >= 11 is 0. The second kappa shape index (κ2) is 9.56. The number of carboxylic acid groups (broad SMARTS) is 1. The van der Waals surface area contributed by atoms with Crippen molar-refractivity contribution in [3.05, 3.63) is 59.7 Å². The third-order valence-electron chi connectivity index (χ3n) is 5.93. The predicted octanol–water partition coefficient (Wildman–Crippen LogP) is 3.91. The van der Waals surface area contributed by atoms with Crippen LogP contribution in [0.4, 0.5) is 16.2 Å². The Labute approximate surface area is 186 Å². The van der Waals surface area contributed by atoms with Gasteiger partial charge in [-0.15, -0.1) is 0 Å². The molecule has 0 radical (unpaired) electrons. The SMILES string of the molecule is O=C(Nc1ccc(C#Cc2ccc(NC(=O)[C@@H]3CCCN3C(=O)O)cc2)cc1)C1CCC1. The zero-order chi connectivity index (χ0) is 22.5. The molecule has 0 unspecified atom stereocenters. The van der Waals surface area contributed by atoms with Crippen molar-refractivity contribution in [1.82, 2.24) is 4.90 Å². The summed E-state index contributed by atoms with van der Waals surface area (Å²) in [5, 5.41) is 14.9. The lowest BCUT2D eigenvalue weighted by molar-refractivity contribution is -0.122. The van der Waals surface area contributed by atoms with Crippen molar-refractivity contribution in [3.63, 3.8) is 0 Å². The van der Waals surface area contributed by atoms with Crippen LogP contribution < -0.4 is 10.6 Å². The summed E-state index contributed by atoms with van der Waals surface area (Å²) in [6.45, 7) is 0.385. The molecular formula is C25H25N3O4. The van der Waals surface area contributed by atoms with Crippen molar-refractivity contribution >= 4 is 29.3 Å². The van der Waals surface area contributed by atoms with E-state index in [1.165, 1.54) is 4.90 Å². The van der Waals surface area contributed by atoms with E-state index in [-0.39, 0.29) is 17.7 Å². The number of rotatable bonds is 4. The topological polar surface area (TPSA) is 98.7 Å². The number of amides is 3.